The Labute approximate surface area is 144 Å². The van der Waals surface area contributed by atoms with E-state index in [2.05, 4.69) is 22.2 Å². The van der Waals surface area contributed by atoms with Crippen LogP contribution in [-0.4, -0.2) is 80.0 Å². The van der Waals surface area contributed by atoms with Crippen LogP contribution < -0.4 is 5.32 Å². The maximum atomic E-state index is 12.3. The minimum absolute atomic E-state index is 0.0770. The van der Waals surface area contributed by atoms with Gasteiger partial charge in [0.2, 0.25) is 0 Å². The van der Waals surface area contributed by atoms with Gasteiger partial charge in [0.25, 0.3) is 0 Å². The van der Waals surface area contributed by atoms with Gasteiger partial charge in [-0.15, -0.1) is 0 Å². The number of esters is 1. The highest BCUT2D eigenvalue weighted by Gasteiger charge is 2.48. The molecule has 6 atom stereocenters. The fourth-order valence-electron chi connectivity index (χ4n) is 5.45. The highest BCUT2D eigenvalue weighted by atomic mass is 16.5. The van der Waals surface area contributed by atoms with Crippen molar-refractivity contribution >= 4 is 5.97 Å². The fourth-order valence-corrected chi connectivity index (χ4v) is 5.45. The van der Waals surface area contributed by atoms with Crippen molar-refractivity contribution in [2.75, 3.05) is 33.9 Å². The van der Waals surface area contributed by atoms with Crippen molar-refractivity contribution in [3.05, 3.63) is 0 Å². The number of carbonyl (C=O) groups excluding carboxylic acids is 1. The minimum Gasteiger partial charge on any atom is -0.468 e. The third-order valence-corrected chi connectivity index (χ3v) is 6.80. The topological polar surface area (TPSA) is 58.6 Å². The maximum Gasteiger partial charge on any atom is 0.323 e. The number of hydrogen-bond acceptors (Lipinski definition) is 5. The highest BCUT2D eigenvalue weighted by Crippen LogP contribution is 2.38. The van der Waals surface area contributed by atoms with Crippen molar-refractivity contribution < 1.29 is 19.6 Å². The van der Waals surface area contributed by atoms with Crippen molar-refractivity contribution in [3.8, 4) is 0 Å². The Bertz CT molecular complexity index is 460. The van der Waals surface area contributed by atoms with Gasteiger partial charge in [-0.1, -0.05) is 12.8 Å². The molecule has 0 amide bonds. The molecule has 0 aromatic heterocycles. The smallest absolute Gasteiger partial charge is 0.323 e. The van der Waals surface area contributed by atoms with E-state index in [0.29, 0.717) is 18.2 Å². The molecular weight excluding hydrogens is 306 g/mol. The van der Waals surface area contributed by atoms with Crippen molar-refractivity contribution in [2.24, 2.45) is 5.92 Å². The molecule has 5 unspecified atom stereocenters. The van der Waals surface area contributed by atoms with Crippen LogP contribution in [0.1, 0.15) is 38.5 Å². The van der Waals surface area contributed by atoms with Crippen LogP contribution in [0.15, 0.2) is 0 Å². The van der Waals surface area contributed by atoms with Gasteiger partial charge in [0.15, 0.2) is 0 Å². The number of rotatable bonds is 3. The second-order valence-electron chi connectivity index (χ2n) is 8.21. The van der Waals surface area contributed by atoms with Crippen molar-refractivity contribution in [1.29, 1.82) is 0 Å². The predicted molar refractivity (Wildman–Crippen MR) is 89.4 cm³/mol. The van der Waals surface area contributed by atoms with Gasteiger partial charge in [0, 0.05) is 19.5 Å². The molecule has 0 spiro atoms. The molecule has 136 valence electrons. The van der Waals surface area contributed by atoms with Crippen LogP contribution in [0.4, 0.5) is 0 Å². The van der Waals surface area contributed by atoms with E-state index >= 15 is 0 Å². The Balaban J connectivity index is 1.43. The summed E-state index contributed by atoms with van der Waals surface area (Å²) in [6.07, 6.45) is 8.04. The molecule has 6 nitrogen and oxygen atoms in total. The molecule has 0 aromatic rings. The van der Waals surface area contributed by atoms with Gasteiger partial charge < -0.3 is 14.8 Å². The number of likely N-dealkylation sites (tertiary alicyclic amines) is 1. The first-order valence-electron chi connectivity index (χ1n) is 9.66. The molecule has 3 aliphatic heterocycles. The number of fused-ring (bicyclic) bond motifs is 2. The fraction of sp³-hybridized carbons (Fsp3) is 0.944. The molecule has 6 heteroatoms. The molecule has 0 radical (unpaired) electrons. The van der Waals surface area contributed by atoms with Gasteiger partial charge >= 0.3 is 5.97 Å². The van der Waals surface area contributed by atoms with Crippen LogP contribution in [-0.2, 0) is 14.3 Å². The number of likely N-dealkylation sites (N-methyl/N-ethyl adjacent to an activating group) is 1. The highest BCUT2D eigenvalue weighted by molar-refractivity contribution is 5.75. The summed E-state index contributed by atoms with van der Waals surface area (Å²) in [6.45, 7) is 2.86. The van der Waals surface area contributed by atoms with Gasteiger partial charge in [-0.25, -0.2) is 4.90 Å². The van der Waals surface area contributed by atoms with Gasteiger partial charge in [0.1, 0.15) is 18.8 Å². The van der Waals surface area contributed by atoms with E-state index in [-0.39, 0.29) is 18.1 Å². The molecule has 4 fully saturated rings. The predicted octanol–water partition coefficient (Wildman–Crippen LogP) is -0.215. The Morgan fingerprint density at radius 3 is 2.92 bits per heavy atom. The first-order chi connectivity index (χ1) is 11.7. The summed E-state index contributed by atoms with van der Waals surface area (Å²) >= 11 is 0. The Morgan fingerprint density at radius 1 is 1.29 bits per heavy atom. The van der Waals surface area contributed by atoms with Gasteiger partial charge in [-0.05, 0) is 32.2 Å². The second-order valence-corrected chi connectivity index (χ2v) is 8.21. The van der Waals surface area contributed by atoms with Crippen molar-refractivity contribution in [2.45, 2.75) is 68.9 Å². The molecule has 0 aromatic carbocycles. The van der Waals surface area contributed by atoms with Gasteiger partial charge in [-0.2, -0.15) is 0 Å². The molecule has 1 aliphatic carbocycles. The van der Waals surface area contributed by atoms with E-state index in [4.69, 9.17) is 9.47 Å². The van der Waals surface area contributed by atoms with E-state index in [0.717, 1.165) is 32.1 Å². The molecular formula is C18H32N3O3+. The summed E-state index contributed by atoms with van der Waals surface area (Å²) in [5.74, 6) is 0.673. The van der Waals surface area contributed by atoms with Gasteiger partial charge in [0.05, 0.1) is 25.4 Å². The summed E-state index contributed by atoms with van der Waals surface area (Å²) < 4.78 is 11.5. The number of methoxy groups -OCH3 is 1. The molecule has 2 N–H and O–H groups in total. The summed E-state index contributed by atoms with van der Waals surface area (Å²) in [7, 11) is 3.70. The lowest BCUT2D eigenvalue weighted by atomic mass is 9.85. The average molecular weight is 338 g/mol. The largest absolute Gasteiger partial charge is 0.468 e. The zero-order valence-corrected chi connectivity index (χ0v) is 15.0. The number of piperidine rings is 1. The summed E-state index contributed by atoms with van der Waals surface area (Å²) in [4.78, 5) is 17.1. The second kappa shape index (κ2) is 6.90. The minimum atomic E-state index is -0.106. The lowest BCUT2D eigenvalue weighted by Crippen LogP contribution is -2.89. The van der Waals surface area contributed by atoms with Crippen LogP contribution in [0.3, 0.4) is 0 Å². The van der Waals surface area contributed by atoms with Crippen LogP contribution >= 0.6 is 0 Å². The zero-order valence-electron chi connectivity index (χ0n) is 15.0. The van der Waals surface area contributed by atoms with Crippen LogP contribution in [0, 0.1) is 5.92 Å². The molecule has 3 heterocycles. The quantitative estimate of drug-likeness (QED) is 0.722. The van der Waals surface area contributed by atoms with E-state index in [1.165, 1.54) is 39.2 Å². The molecule has 4 rings (SSSR count). The van der Waals surface area contributed by atoms with Crippen LogP contribution in [0.2, 0.25) is 0 Å². The number of hydrogen-bond donors (Lipinski definition) is 1. The van der Waals surface area contributed by atoms with E-state index in [1.54, 1.807) is 0 Å². The number of ether oxygens (including phenoxy) is 2. The standard InChI is InChI=1S/C18H31N3O3/c1-20-11-19-14-8-15(18(22)23-2)21(10-16(14)20)9-13-7-12-5-3-4-6-17(12)24-13/h12-17,19H,3-11H2,1-2H3/p+1/t12?,13?,14?,15-,16?,17?/m0/s1. The van der Waals surface area contributed by atoms with Gasteiger partial charge in [-0.3, -0.25) is 9.69 Å². The third kappa shape index (κ3) is 3.09. The maximum absolute atomic E-state index is 12.3. The van der Waals surface area contributed by atoms with Crippen LogP contribution in [0.25, 0.3) is 0 Å². The third-order valence-electron chi connectivity index (χ3n) is 6.80. The zero-order chi connectivity index (χ0) is 16.7. The average Bonchev–Trinajstić information content (AvgIpc) is 3.16. The van der Waals surface area contributed by atoms with E-state index in [9.17, 15) is 4.79 Å². The monoisotopic (exact) mass is 338 g/mol. The summed E-state index contributed by atoms with van der Waals surface area (Å²) in [5, 5.41) is 2.37. The Morgan fingerprint density at radius 2 is 2.12 bits per heavy atom. The van der Waals surface area contributed by atoms with Crippen molar-refractivity contribution in [3.63, 3.8) is 0 Å². The molecule has 4 aliphatic rings. The van der Waals surface area contributed by atoms with E-state index < -0.39 is 0 Å². The number of nitrogens with zero attached hydrogens (tertiary/aromatic N) is 2. The lowest BCUT2D eigenvalue weighted by molar-refractivity contribution is -0.678. The molecule has 24 heavy (non-hydrogen) atoms. The van der Waals surface area contributed by atoms with Crippen molar-refractivity contribution in [1.82, 2.24) is 9.80 Å². The number of quaternary nitrogens is 1. The summed E-state index contributed by atoms with van der Waals surface area (Å²) in [6, 6.07) is 0.947. The Hall–Kier alpha value is -0.690. The normalized spacial score (nSPS) is 43.4. The van der Waals surface area contributed by atoms with Crippen LogP contribution in [0.5, 0.6) is 0 Å². The number of nitrogens with two attached hydrogens (primary N) is 1. The summed E-state index contributed by atoms with van der Waals surface area (Å²) in [5.41, 5.74) is 0. The first kappa shape index (κ1) is 16.8. The molecule has 0 bridgehead atoms. The molecule has 1 saturated carbocycles. The number of carbonyl (C=O) groups is 1. The lowest BCUT2D eigenvalue weighted by Gasteiger charge is -2.40. The van der Waals surface area contributed by atoms with E-state index in [1.807, 2.05) is 0 Å². The SMILES string of the molecule is COC(=O)[C@@H]1CC2[NH2+]CN(C)C2CN1CC1CC2CCCCC2O1. The first-order valence-corrected chi connectivity index (χ1v) is 9.66. The molecule has 3 saturated heterocycles. The Kier molecular flexibility index (Phi) is 4.82.